The first-order chi connectivity index (χ1) is 16.1. The molecule has 2 aliphatic rings. The summed E-state index contributed by atoms with van der Waals surface area (Å²) < 4.78 is 6.03. The van der Waals surface area contributed by atoms with E-state index in [1.165, 1.54) is 0 Å². The molecule has 0 amide bonds. The molecule has 0 spiro atoms. The number of benzene rings is 1. The molecule has 1 aromatic carbocycles. The third-order valence-corrected chi connectivity index (χ3v) is 7.02. The number of aromatic nitrogens is 4. The molecule has 1 N–H and O–H groups in total. The minimum absolute atomic E-state index is 0.187. The first-order valence-corrected chi connectivity index (χ1v) is 12.1. The van der Waals surface area contributed by atoms with Crippen molar-refractivity contribution in [2.75, 3.05) is 37.7 Å². The number of nitrogens with zero attached hydrogens (tertiary/aromatic N) is 6. The van der Waals surface area contributed by atoms with Crippen molar-refractivity contribution >= 4 is 28.9 Å². The number of aliphatic hydroxyl groups excluding tert-OH is 1. The molecule has 0 bridgehead atoms. The molecule has 2 aromatic heterocycles. The molecule has 0 aliphatic carbocycles. The van der Waals surface area contributed by atoms with Gasteiger partial charge in [-0.1, -0.05) is 23.2 Å². The lowest BCUT2D eigenvalue weighted by molar-refractivity contribution is 0.158. The maximum absolute atomic E-state index is 9.13. The molecule has 1 saturated heterocycles. The summed E-state index contributed by atoms with van der Waals surface area (Å²) in [5.41, 5.74) is 3.52. The molecule has 10 heteroatoms. The van der Waals surface area contributed by atoms with E-state index < -0.39 is 0 Å². The number of rotatable bonds is 6. The van der Waals surface area contributed by atoms with E-state index in [4.69, 9.17) is 32.7 Å². The lowest BCUT2D eigenvalue weighted by atomic mass is 9.97. The van der Waals surface area contributed by atoms with Gasteiger partial charge in [0.05, 0.1) is 18.0 Å². The molecule has 0 unspecified atom stereocenters. The fourth-order valence-electron chi connectivity index (χ4n) is 4.60. The van der Waals surface area contributed by atoms with Crippen LogP contribution in [0.2, 0.25) is 10.0 Å². The fourth-order valence-corrected chi connectivity index (χ4v) is 4.98. The second-order valence-electron chi connectivity index (χ2n) is 8.61. The highest BCUT2D eigenvalue weighted by Gasteiger charge is 2.26. The molecular weight excluding hydrogens is 463 g/mol. The van der Waals surface area contributed by atoms with Crippen molar-refractivity contribution in [1.82, 2.24) is 25.3 Å². The molecule has 1 fully saturated rings. The van der Waals surface area contributed by atoms with E-state index in [-0.39, 0.29) is 12.5 Å². The highest BCUT2D eigenvalue weighted by molar-refractivity contribution is 6.33. The molecule has 5 rings (SSSR count). The predicted octanol–water partition coefficient (Wildman–Crippen LogP) is 3.96. The van der Waals surface area contributed by atoms with E-state index in [1.807, 2.05) is 18.2 Å². The molecule has 0 atom stereocenters. The zero-order chi connectivity index (χ0) is 22.8. The van der Waals surface area contributed by atoms with Crippen LogP contribution >= 0.6 is 23.2 Å². The van der Waals surface area contributed by atoms with Gasteiger partial charge in [-0.3, -0.25) is 0 Å². The number of hydrogen-bond acceptors (Lipinski definition) is 8. The van der Waals surface area contributed by atoms with E-state index in [0.717, 1.165) is 62.3 Å². The second kappa shape index (κ2) is 9.93. The number of β-amino-alcohol motifs (C(OH)–C–C–N with tert-alkyl or cyclic N) is 1. The number of fused-ring (bicyclic) bond motifs is 1. The summed E-state index contributed by atoms with van der Waals surface area (Å²) in [5, 5.41) is 27.9. The van der Waals surface area contributed by atoms with Crippen molar-refractivity contribution in [1.29, 1.82) is 0 Å². The van der Waals surface area contributed by atoms with Crippen LogP contribution in [-0.2, 0) is 13.0 Å². The van der Waals surface area contributed by atoms with Crippen LogP contribution in [0.4, 0.5) is 5.69 Å². The lowest BCUT2D eigenvalue weighted by Crippen LogP contribution is -2.35. The van der Waals surface area contributed by atoms with Gasteiger partial charge in [-0.15, -0.1) is 15.3 Å². The average Bonchev–Trinajstić information content (AvgIpc) is 3.32. The topological polar surface area (TPSA) is 91.4 Å². The summed E-state index contributed by atoms with van der Waals surface area (Å²) in [6.45, 7) is 4.27. The number of likely N-dealkylation sites (tertiary alicyclic amines) is 1. The van der Waals surface area contributed by atoms with E-state index in [0.29, 0.717) is 40.6 Å². The summed E-state index contributed by atoms with van der Waals surface area (Å²) in [4.78, 5) is 4.51. The van der Waals surface area contributed by atoms with Crippen molar-refractivity contribution in [3.63, 3.8) is 0 Å². The van der Waals surface area contributed by atoms with Crippen LogP contribution in [0.1, 0.15) is 42.3 Å². The standard InChI is InChI=1S/C23H26Cl2N6O2/c24-17-3-4-18(25)16(12-17)14-31-7-1-2-19-21(31)13-20(27-26-19)23-29-28-22(33-23)15-5-8-30(9-6-15)10-11-32/h3-4,12-13,15,32H,1-2,5-11,14H2. The molecule has 0 radical (unpaired) electrons. The number of anilines is 1. The maximum Gasteiger partial charge on any atom is 0.268 e. The zero-order valence-corrected chi connectivity index (χ0v) is 19.8. The van der Waals surface area contributed by atoms with Crippen LogP contribution in [0.3, 0.4) is 0 Å². The summed E-state index contributed by atoms with van der Waals surface area (Å²) >= 11 is 12.6. The Bertz CT molecular complexity index is 1120. The molecule has 8 nitrogen and oxygen atoms in total. The van der Waals surface area contributed by atoms with Gasteiger partial charge in [0.2, 0.25) is 5.89 Å². The van der Waals surface area contributed by atoms with E-state index >= 15 is 0 Å². The van der Waals surface area contributed by atoms with E-state index in [2.05, 4.69) is 30.2 Å². The number of aryl methyl sites for hydroxylation is 1. The van der Waals surface area contributed by atoms with Gasteiger partial charge >= 0.3 is 0 Å². The third kappa shape index (κ3) is 4.99. The van der Waals surface area contributed by atoms with Gasteiger partial charge in [-0.05, 0) is 68.6 Å². The van der Waals surface area contributed by atoms with Gasteiger partial charge < -0.3 is 19.3 Å². The first kappa shape index (κ1) is 22.5. The summed E-state index contributed by atoms with van der Waals surface area (Å²) in [6, 6.07) is 7.52. The largest absolute Gasteiger partial charge is 0.419 e. The predicted molar refractivity (Wildman–Crippen MR) is 127 cm³/mol. The molecular formula is C23H26Cl2N6O2. The van der Waals surface area contributed by atoms with Crippen molar-refractivity contribution in [3.05, 3.63) is 51.5 Å². The smallest absolute Gasteiger partial charge is 0.268 e. The van der Waals surface area contributed by atoms with E-state index in [9.17, 15) is 0 Å². The molecule has 2 aliphatic heterocycles. The fraction of sp³-hybridized carbons (Fsp3) is 0.478. The minimum Gasteiger partial charge on any atom is -0.419 e. The Hall–Kier alpha value is -2.26. The van der Waals surface area contributed by atoms with Crippen LogP contribution in [-0.4, -0.2) is 63.2 Å². The number of aliphatic hydroxyl groups is 1. The average molecular weight is 489 g/mol. The first-order valence-electron chi connectivity index (χ1n) is 11.3. The van der Waals surface area contributed by atoms with Gasteiger partial charge in [-0.25, -0.2) is 0 Å². The molecule has 3 aromatic rings. The number of halogens is 2. The monoisotopic (exact) mass is 488 g/mol. The van der Waals surface area contributed by atoms with Crippen LogP contribution in [0.5, 0.6) is 0 Å². The molecule has 33 heavy (non-hydrogen) atoms. The molecule has 0 saturated carbocycles. The summed E-state index contributed by atoms with van der Waals surface area (Å²) in [7, 11) is 0. The van der Waals surface area contributed by atoms with Gasteiger partial charge in [0, 0.05) is 35.6 Å². The molecule has 4 heterocycles. The van der Waals surface area contributed by atoms with Gasteiger partial charge in [0.25, 0.3) is 5.89 Å². The van der Waals surface area contributed by atoms with E-state index in [1.54, 1.807) is 6.07 Å². The number of hydrogen-bond donors (Lipinski definition) is 1. The van der Waals surface area contributed by atoms with Crippen LogP contribution in [0.25, 0.3) is 11.6 Å². The Morgan fingerprint density at radius 1 is 1.03 bits per heavy atom. The Morgan fingerprint density at radius 2 is 1.88 bits per heavy atom. The van der Waals surface area contributed by atoms with Crippen molar-refractivity contribution in [3.8, 4) is 11.6 Å². The Balaban J connectivity index is 1.35. The summed E-state index contributed by atoms with van der Waals surface area (Å²) in [6.07, 6.45) is 3.75. The lowest BCUT2D eigenvalue weighted by Gasteiger charge is -2.30. The molecule has 174 valence electrons. The van der Waals surface area contributed by atoms with Gasteiger partial charge in [0.15, 0.2) is 5.69 Å². The van der Waals surface area contributed by atoms with Crippen LogP contribution in [0.15, 0.2) is 28.7 Å². The van der Waals surface area contributed by atoms with Gasteiger partial charge in [-0.2, -0.15) is 5.10 Å². The minimum atomic E-state index is 0.187. The highest BCUT2D eigenvalue weighted by atomic mass is 35.5. The Labute approximate surface area is 202 Å². The highest BCUT2D eigenvalue weighted by Crippen LogP contribution is 2.33. The van der Waals surface area contributed by atoms with Crippen molar-refractivity contribution in [2.45, 2.75) is 38.1 Å². The quantitative estimate of drug-likeness (QED) is 0.557. The zero-order valence-electron chi connectivity index (χ0n) is 18.3. The SMILES string of the molecule is OCCN1CCC(c2nnc(-c3cc4c(nn3)CCCN4Cc3cc(Cl)ccc3Cl)o2)CC1. The van der Waals surface area contributed by atoms with Crippen LogP contribution in [0, 0.1) is 0 Å². The van der Waals surface area contributed by atoms with Gasteiger partial charge in [0.1, 0.15) is 0 Å². The Morgan fingerprint density at radius 3 is 2.70 bits per heavy atom. The Kier molecular flexibility index (Phi) is 6.78. The van der Waals surface area contributed by atoms with Crippen molar-refractivity contribution < 1.29 is 9.52 Å². The third-order valence-electron chi connectivity index (χ3n) is 6.41. The van der Waals surface area contributed by atoms with Crippen molar-refractivity contribution in [2.24, 2.45) is 0 Å². The maximum atomic E-state index is 9.13. The number of piperidine rings is 1. The normalized spacial score (nSPS) is 17.4. The van der Waals surface area contributed by atoms with Crippen LogP contribution < -0.4 is 4.90 Å². The summed E-state index contributed by atoms with van der Waals surface area (Å²) in [5.74, 6) is 1.27. The second-order valence-corrected chi connectivity index (χ2v) is 9.45.